The van der Waals surface area contributed by atoms with E-state index in [1.54, 1.807) is 18.2 Å². The number of fused-ring (bicyclic) bond motifs is 2. The summed E-state index contributed by atoms with van der Waals surface area (Å²) < 4.78 is 58.7. The minimum Gasteiger partial charge on any atom is -0.496 e. The Bertz CT molecular complexity index is 1410. The van der Waals surface area contributed by atoms with Crippen LogP contribution in [0.2, 0.25) is 0 Å². The number of nitrogens with zero attached hydrogens (tertiary/aromatic N) is 1. The molecule has 8 nitrogen and oxygen atoms in total. The monoisotopic (exact) mass is 575 g/mol. The van der Waals surface area contributed by atoms with Crippen molar-refractivity contribution >= 4 is 23.2 Å². The zero-order chi connectivity index (χ0) is 29.1. The van der Waals surface area contributed by atoms with Crippen LogP contribution in [-0.4, -0.2) is 48.0 Å². The second-order valence-corrected chi connectivity index (χ2v) is 11.2. The molecule has 12 heteroatoms. The molecule has 2 aromatic carbocycles. The Morgan fingerprint density at radius 2 is 1.88 bits per heavy atom. The van der Waals surface area contributed by atoms with E-state index in [1.807, 2.05) is 0 Å². The van der Waals surface area contributed by atoms with E-state index in [2.05, 4.69) is 15.8 Å². The number of methoxy groups -OCH3 is 1. The Morgan fingerprint density at radius 3 is 2.63 bits per heavy atom. The third-order valence-corrected chi connectivity index (χ3v) is 8.93. The van der Waals surface area contributed by atoms with Crippen molar-refractivity contribution in [2.24, 2.45) is 28.8 Å². The van der Waals surface area contributed by atoms with Crippen LogP contribution in [0.4, 0.5) is 23.2 Å². The lowest BCUT2D eigenvalue weighted by Crippen LogP contribution is -2.61. The fraction of sp³-hybridized carbons (Fsp3) is 0.483. The normalized spacial score (nSPS) is 30.0. The van der Waals surface area contributed by atoms with Crippen LogP contribution < -0.4 is 15.4 Å². The summed E-state index contributed by atoms with van der Waals surface area (Å²) in [6.07, 6.45) is -2.15. The van der Waals surface area contributed by atoms with Gasteiger partial charge in [0.25, 0.3) is 5.91 Å². The molecule has 6 rings (SSSR count). The molecule has 4 aliphatic rings. The molecule has 3 saturated carbocycles. The molecule has 1 aliphatic heterocycles. The van der Waals surface area contributed by atoms with Crippen LogP contribution in [0.15, 0.2) is 41.6 Å². The second-order valence-electron chi connectivity index (χ2n) is 11.2. The molecule has 1 heterocycles. The van der Waals surface area contributed by atoms with Gasteiger partial charge in [0.1, 0.15) is 17.7 Å². The molecule has 0 aromatic heterocycles. The van der Waals surface area contributed by atoms with Gasteiger partial charge in [-0.25, -0.2) is 4.39 Å². The number of anilines is 1. The lowest BCUT2D eigenvalue weighted by molar-refractivity contribution is -0.140. The van der Waals surface area contributed by atoms with Gasteiger partial charge >= 0.3 is 6.18 Å². The van der Waals surface area contributed by atoms with Gasteiger partial charge in [-0.3, -0.25) is 9.59 Å². The second kappa shape index (κ2) is 10.3. The van der Waals surface area contributed by atoms with Crippen LogP contribution >= 0.6 is 0 Å². The number of halogens is 4. The predicted octanol–water partition coefficient (Wildman–Crippen LogP) is 4.51. The predicted molar refractivity (Wildman–Crippen MR) is 139 cm³/mol. The number of hydrogen-bond acceptors (Lipinski definition) is 6. The summed E-state index contributed by atoms with van der Waals surface area (Å²) in [4.78, 5) is 32.4. The molecule has 2 amide bonds. The molecule has 218 valence electrons. The molecule has 2 aromatic rings. The smallest absolute Gasteiger partial charge is 0.419 e. The molecule has 0 saturated heterocycles. The van der Waals surface area contributed by atoms with Gasteiger partial charge in [0.05, 0.1) is 36.0 Å². The number of nitrogens with one attached hydrogen (secondary N) is 2. The van der Waals surface area contributed by atoms with E-state index in [1.165, 1.54) is 7.11 Å². The van der Waals surface area contributed by atoms with Crippen molar-refractivity contribution in [3.63, 3.8) is 0 Å². The summed E-state index contributed by atoms with van der Waals surface area (Å²) >= 11 is 0. The van der Waals surface area contributed by atoms with Gasteiger partial charge in [-0.05, 0) is 67.5 Å². The lowest BCUT2D eigenvalue weighted by atomic mass is 9.61. The number of amides is 2. The first-order valence-corrected chi connectivity index (χ1v) is 13.6. The molecule has 0 radical (unpaired) electrons. The zero-order valence-electron chi connectivity index (χ0n) is 22.1. The van der Waals surface area contributed by atoms with E-state index in [9.17, 15) is 32.3 Å². The van der Waals surface area contributed by atoms with Crippen molar-refractivity contribution < 1.29 is 41.8 Å². The molecule has 7 atom stereocenters. The third kappa shape index (κ3) is 4.92. The van der Waals surface area contributed by atoms with E-state index < -0.39 is 47.4 Å². The first-order valence-electron chi connectivity index (χ1n) is 13.6. The van der Waals surface area contributed by atoms with Gasteiger partial charge < -0.3 is 25.3 Å². The molecule has 3 unspecified atom stereocenters. The highest BCUT2D eigenvalue weighted by Gasteiger charge is 2.56. The van der Waals surface area contributed by atoms with Crippen LogP contribution in [0.3, 0.4) is 0 Å². The SMILES string of the molecule is COc1ccc(C2=NOC3CC(O)CC23)cc1C(=O)N[C@H]1[C@@H]2CCC[C@@H]2[C@H]1C(=O)Nc1ccc(F)c(C(F)(F)F)c1. The van der Waals surface area contributed by atoms with Crippen LogP contribution in [0.5, 0.6) is 5.75 Å². The summed E-state index contributed by atoms with van der Waals surface area (Å²) in [5, 5.41) is 19.7. The highest BCUT2D eigenvalue weighted by atomic mass is 19.4. The number of alkyl halides is 3. The highest BCUT2D eigenvalue weighted by molar-refractivity contribution is 6.06. The Kier molecular flexibility index (Phi) is 6.91. The third-order valence-electron chi connectivity index (χ3n) is 8.93. The maximum absolute atomic E-state index is 13.7. The molecule has 41 heavy (non-hydrogen) atoms. The summed E-state index contributed by atoms with van der Waals surface area (Å²) in [5.41, 5.74) is -0.0770. The van der Waals surface area contributed by atoms with Gasteiger partial charge in [0, 0.05) is 29.6 Å². The number of ether oxygens (including phenoxy) is 1. The fourth-order valence-corrected chi connectivity index (χ4v) is 7.01. The first kappa shape index (κ1) is 27.5. The highest BCUT2D eigenvalue weighted by Crippen LogP contribution is 2.52. The number of rotatable bonds is 6. The minimum absolute atomic E-state index is 0.0215. The summed E-state index contributed by atoms with van der Waals surface area (Å²) in [7, 11) is 1.44. The number of benzene rings is 2. The first-order chi connectivity index (χ1) is 19.5. The molecule has 3 fully saturated rings. The summed E-state index contributed by atoms with van der Waals surface area (Å²) in [6, 6.07) is 6.88. The number of oxime groups is 1. The Hall–Kier alpha value is -3.67. The molecular weight excluding hydrogens is 546 g/mol. The van der Waals surface area contributed by atoms with Crippen molar-refractivity contribution in [3.8, 4) is 5.75 Å². The van der Waals surface area contributed by atoms with Gasteiger partial charge in [-0.1, -0.05) is 11.6 Å². The van der Waals surface area contributed by atoms with E-state index in [4.69, 9.17) is 9.57 Å². The molecular formula is C29H29F4N3O5. The minimum atomic E-state index is -4.91. The van der Waals surface area contributed by atoms with Crippen LogP contribution in [0.25, 0.3) is 0 Å². The van der Waals surface area contributed by atoms with Gasteiger partial charge in [0.15, 0.2) is 0 Å². The standard InChI is InChI=1S/C29H29F4N3O5/c1-40-22-8-5-13(25-18-11-15(37)12-23(18)41-36-25)9-19(22)27(38)35-26-17-4-2-3-16(17)24(26)28(39)34-14-6-7-21(30)20(10-14)29(31,32)33/h5-10,15-18,23-24,26,37H,2-4,11-12H2,1H3,(H,34,39)(H,35,38)/t15?,16-,17+,18?,23?,24+,26-/m0/s1. The summed E-state index contributed by atoms with van der Waals surface area (Å²) in [6.45, 7) is 0. The Labute approximate surface area is 233 Å². The van der Waals surface area contributed by atoms with Gasteiger partial charge in [0.2, 0.25) is 5.91 Å². The average Bonchev–Trinajstić information content (AvgIpc) is 3.61. The molecule has 3 aliphatic carbocycles. The van der Waals surface area contributed by atoms with E-state index in [0.29, 0.717) is 42.0 Å². The number of aliphatic hydroxyl groups is 1. The Morgan fingerprint density at radius 1 is 1.10 bits per heavy atom. The quantitative estimate of drug-likeness (QED) is 0.440. The maximum Gasteiger partial charge on any atom is 0.419 e. The average molecular weight is 576 g/mol. The van der Waals surface area contributed by atoms with Crippen LogP contribution in [0.1, 0.15) is 53.6 Å². The van der Waals surface area contributed by atoms with Crippen molar-refractivity contribution in [2.45, 2.75) is 56.5 Å². The number of hydrogen-bond donors (Lipinski definition) is 3. The van der Waals surface area contributed by atoms with Crippen molar-refractivity contribution in [3.05, 3.63) is 58.9 Å². The van der Waals surface area contributed by atoms with Gasteiger partial charge in [-0.15, -0.1) is 0 Å². The molecule has 3 N–H and O–H groups in total. The Balaban J connectivity index is 1.21. The van der Waals surface area contributed by atoms with E-state index in [-0.39, 0.29) is 35.1 Å². The lowest BCUT2D eigenvalue weighted by Gasteiger charge is -2.48. The van der Waals surface area contributed by atoms with Gasteiger partial charge in [-0.2, -0.15) is 13.2 Å². The number of carbonyl (C=O) groups excluding carboxylic acids is 2. The van der Waals surface area contributed by atoms with Crippen LogP contribution in [0, 0.1) is 29.5 Å². The van der Waals surface area contributed by atoms with Crippen molar-refractivity contribution in [1.82, 2.24) is 5.32 Å². The molecule has 0 spiro atoms. The van der Waals surface area contributed by atoms with Crippen molar-refractivity contribution in [1.29, 1.82) is 0 Å². The number of carbonyl (C=O) groups is 2. The topological polar surface area (TPSA) is 109 Å². The molecule has 0 bridgehead atoms. The van der Waals surface area contributed by atoms with E-state index >= 15 is 0 Å². The summed E-state index contributed by atoms with van der Waals surface area (Å²) in [5.74, 6) is -2.80. The van der Waals surface area contributed by atoms with E-state index in [0.717, 1.165) is 25.3 Å². The fourth-order valence-electron chi connectivity index (χ4n) is 7.01. The van der Waals surface area contributed by atoms with Crippen LogP contribution in [-0.2, 0) is 15.8 Å². The number of aliphatic hydroxyl groups excluding tert-OH is 1. The zero-order valence-corrected chi connectivity index (χ0v) is 22.1. The maximum atomic E-state index is 13.7. The van der Waals surface area contributed by atoms with Crippen molar-refractivity contribution in [2.75, 3.05) is 12.4 Å². The largest absolute Gasteiger partial charge is 0.496 e.